The minimum Gasteiger partial charge on any atom is -0.334 e. The lowest BCUT2D eigenvalue weighted by atomic mass is 10.0. The summed E-state index contributed by atoms with van der Waals surface area (Å²) in [6, 6.07) is 12.4. The average molecular weight is 402 g/mol. The molecule has 1 saturated heterocycles. The van der Waals surface area contributed by atoms with E-state index >= 15 is 0 Å². The number of H-pyrrole nitrogens is 1. The molecule has 0 spiro atoms. The molecule has 2 N–H and O–H groups in total. The predicted molar refractivity (Wildman–Crippen MR) is 111 cm³/mol. The highest BCUT2D eigenvalue weighted by molar-refractivity contribution is 5.63. The lowest BCUT2D eigenvalue weighted by Gasteiger charge is -2.25. The van der Waals surface area contributed by atoms with E-state index in [2.05, 4.69) is 40.3 Å². The van der Waals surface area contributed by atoms with Gasteiger partial charge in [-0.3, -0.25) is 10.1 Å². The van der Waals surface area contributed by atoms with Crippen molar-refractivity contribution in [3.8, 4) is 11.3 Å². The topological polar surface area (TPSA) is 95.5 Å². The number of anilines is 3. The van der Waals surface area contributed by atoms with E-state index in [0.29, 0.717) is 17.7 Å². The molecule has 1 aromatic carbocycles. The minimum absolute atomic E-state index is 0.114. The number of halogens is 1. The van der Waals surface area contributed by atoms with E-state index in [1.54, 1.807) is 12.4 Å². The largest absolute Gasteiger partial charge is 0.334 e. The fourth-order valence-corrected chi connectivity index (χ4v) is 3.69. The van der Waals surface area contributed by atoms with E-state index in [1.165, 1.54) is 18.5 Å². The zero-order chi connectivity index (χ0) is 20.3. The Kier molecular flexibility index (Phi) is 4.76. The molecule has 3 aromatic heterocycles. The van der Waals surface area contributed by atoms with Gasteiger partial charge in [-0.25, -0.2) is 14.4 Å². The second kappa shape index (κ2) is 7.86. The van der Waals surface area contributed by atoms with Crippen LogP contribution in [-0.2, 0) is 0 Å². The fraction of sp³-hybridized carbons (Fsp3) is 0.190. The summed E-state index contributed by atoms with van der Waals surface area (Å²) in [5, 5.41) is 10.4. The number of benzene rings is 1. The van der Waals surface area contributed by atoms with Gasteiger partial charge in [0.1, 0.15) is 12.1 Å². The summed E-state index contributed by atoms with van der Waals surface area (Å²) in [5.41, 5.74) is 2.83. The van der Waals surface area contributed by atoms with Crippen molar-refractivity contribution in [2.75, 3.05) is 16.8 Å². The maximum Gasteiger partial charge on any atom is 0.233 e. The van der Waals surface area contributed by atoms with Crippen LogP contribution >= 0.6 is 0 Å². The Morgan fingerprint density at radius 3 is 2.87 bits per heavy atom. The third kappa shape index (κ3) is 3.69. The van der Waals surface area contributed by atoms with Gasteiger partial charge in [0, 0.05) is 30.6 Å². The number of hydrogen-bond donors (Lipinski definition) is 2. The molecule has 150 valence electrons. The Hall–Kier alpha value is -3.88. The van der Waals surface area contributed by atoms with Gasteiger partial charge in [0.25, 0.3) is 0 Å². The maximum absolute atomic E-state index is 13.3. The van der Waals surface area contributed by atoms with Crippen molar-refractivity contribution in [1.29, 1.82) is 0 Å². The Bertz CT molecular complexity index is 1130. The summed E-state index contributed by atoms with van der Waals surface area (Å²) in [6.07, 6.45) is 6.96. The van der Waals surface area contributed by atoms with Gasteiger partial charge in [0.15, 0.2) is 5.82 Å². The quantitative estimate of drug-likeness (QED) is 0.523. The van der Waals surface area contributed by atoms with E-state index < -0.39 is 0 Å². The average Bonchev–Trinajstić information content (AvgIpc) is 3.45. The van der Waals surface area contributed by atoms with E-state index in [4.69, 9.17) is 0 Å². The molecule has 8 nitrogen and oxygen atoms in total. The van der Waals surface area contributed by atoms with Crippen LogP contribution in [0.15, 0.2) is 61.2 Å². The highest BCUT2D eigenvalue weighted by atomic mass is 19.1. The maximum atomic E-state index is 13.3. The first-order valence-corrected chi connectivity index (χ1v) is 9.70. The Morgan fingerprint density at radius 1 is 1.13 bits per heavy atom. The number of nitrogens with one attached hydrogen (secondary N) is 2. The Labute approximate surface area is 172 Å². The first-order valence-electron chi connectivity index (χ1n) is 9.70. The van der Waals surface area contributed by atoms with Gasteiger partial charge < -0.3 is 10.2 Å². The van der Waals surface area contributed by atoms with Crippen LogP contribution in [0, 0.1) is 5.82 Å². The smallest absolute Gasteiger partial charge is 0.233 e. The van der Waals surface area contributed by atoms with Gasteiger partial charge in [-0.15, -0.1) is 0 Å². The lowest BCUT2D eigenvalue weighted by molar-refractivity contribution is 0.624. The number of pyridine rings is 1. The van der Waals surface area contributed by atoms with E-state index in [0.717, 1.165) is 36.2 Å². The van der Waals surface area contributed by atoms with Gasteiger partial charge in [-0.1, -0.05) is 12.1 Å². The molecule has 0 amide bonds. The summed E-state index contributed by atoms with van der Waals surface area (Å²) < 4.78 is 13.3. The Balaban J connectivity index is 1.35. The van der Waals surface area contributed by atoms with Crippen LogP contribution in [-0.4, -0.2) is 36.7 Å². The van der Waals surface area contributed by atoms with Crippen LogP contribution in [0.25, 0.3) is 11.3 Å². The third-order valence-electron chi connectivity index (χ3n) is 5.11. The highest BCUT2D eigenvalue weighted by Gasteiger charge is 2.28. The second-order valence-electron chi connectivity index (χ2n) is 7.05. The van der Waals surface area contributed by atoms with E-state index in [-0.39, 0.29) is 11.9 Å². The zero-order valence-corrected chi connectivity index (χ0v) is 16.0. The molecule has 1 unspecified atom stereocenters. The SMILES string of the molecule is Fc1ccc(C2CCCN2c2ncnc(Nc3cc(-c4cccnc4)[nH]n3)n2)cc1. The van der Waals surface area contributed by atoms with Crippen molar-refractivity contribution in [2.45, 2.75) is 18.9 Å². The van der Waals surface area contributed by atoms with Gasteiger partial charge in [0.05, 0.1) is 11.7 Å². The number of rotatable bonds is 5. The fourth-order valence-electron chi connectivity index (χ4n) is 3.69. The molecule has 0 aliphatic carbocycles. The molecule has 30 heavy (non-hydrogen) atoms. The molecule has 4 heterocycles. The summed E-state index contributed by atoms with van der Waals surface area (Å²) in [6.45, 7) is 0.832. The third-order valence-corrected chi connectivity index (χ3v) is 5.11. The van der Waals surface area contributed by atoms with Gasteiger partial charge >= 0.3 is 0 Å². The van der Waals surface area contributed by atoms with Crippen molar-refractivity contribution in [3.05, 3.63) is 72.6 Å². The van der Waals surface area contributed by atoms with Crippen LogP contribution < -0.4 is 10.2 Å². The monoisotopic (exact) mass is 402 g/mol. The zero-order valence-electron chi connectivity index (χ0n) is 16.0. The lowest BCUT2D eigenvalue weighted by Crippen LogP contribution is -2.25. The summed E-state index contributed by atoms with van der Waals surface area (Å²) in [5.74, 6) is 1.36. The van der Waals surface area contributed by atoms with E-state index in [1.807, 2.05) is 30.3 Å². The summed E-state index contributed by atoms with van der Waals surface area (Å²) >= 11 is 0. The molecule has 0 radical (unpaired) electrons. The van der Waals surface area contributed by atoms with Crippen molar-refractivity contribution < 1.29 is 4.39 Å². The predicted octanol–water partition coefficient (Wildman–Crippen LogP) is 3.88. The number of aromatic nitrogens is 6. The van der Waals surface area contributed by atoms with Crippen molar-refractivity contribution >= 4 is 17.7 Å². The minimum atomic E-state index is -0.236. The van der Waals surface area contributed by atoms with Crippen molar-refractivity contribution in [2.24, 2.45) is 0 Å². The summed E-state index contributed by atoms with van der Waals surface area (Å²) in [7, 11) is 0. The first-order chi connectivity index (χ1) is 14.8. The van der Waals surface area contributed by atoms with Crippen LogP contribution in [0.3, 0.4) is 0 Å². The van der Waals surface area contributed by atoms with Crippen molar-refractivity contribution in [3.63, 3.8) is 0 Å². The van der Waals surface area contributed by atoms with Gasteiger partial charge in [-0.05, 0) is 42.7 Å². The molecule has 1 atom stereocenters. The van der Waals surface area contributed by atoms with Crippen LogP contribution in [0.4, 0.5) is 22.1 Å². The highest BCUT2D eigenvalue weighted by Crippen LogP contribution is 2.34. The molecule has 1 fully saturated rings. The molecule has 5 rings (SSSR count). The van der Waals surface area contributed by atoms with Crippen molar-refractivity contribution in [1.82, 2.24) is 30.1 Å². The molecule has 1 aliphatic heterocycles. The van der Waals surface area contributed by atoms with Gasteiger partial charge in [0.2, 0.25) is 11.9 Å². The molecule has 9 heteroatoms. The number of nitrogens with zero attached hydrogens (tertiary/aromatic N) is 6. The number of aromatic amines is 1. The second-order valence-corrected chi connectivity index (χ2v) is 7.05. The first kappa shape index (κ1) is 18.2. The molecule has 4 aromatic rings. The molecular formula is C21H19FN8. The molecule has 0 bridgehead atoms. The summed E-state index contributed by atoms with van der Waals surface area (Å²) in [4.78, 5) is 19.4. The van der Waals surface area contributed by atoms with Crippen LogP contribution in [0.5, 0.6) is 0 Å². The van der Waals surface area contributed by atoms with E-state index in [9.17, 15) is 4.39 Å². The Morgan fingerprint density at radius 2 is 2.03 bits per heavy atom. The molecule has 1 aliphatic rings. The normalized spacial score (nSPS) is 16.0. The number of hydrogen-bond acceptors (Lipinski definition) is 7. The van der Waals surface area contributed by atoms with Gasteiger partial charge in [-0.2, -0.15) is 10.1 Å². The van der Waals surface area contributed by atoms with Crippen LogP contribution in [0.2, 0.25) is 0 Å². The standard InChI is InChI=1S/C21H19FN8/c22-16-7-5-14(6-8-16)18-4-2-10-30(18)21-25-13-24-20(27-21)26-19-11-17(28-29-19)15-3-1-9-23-12-15/h1,3,5-9,11-13,18H,2,4,10H2,(H2,24,25,26,27,28,29). The van der Waals surface area contributed by atoms with Crippen LogP contribution in [0.1, 0.15) is 24.4 Å². The molecular weight excluding hydrogens is 383 g/mol. The molecule has 0 saturated carbocycles.